The molecule has 0 saturated carbocycles. The molecule has 3 aromatic rings. The predicted molar refractivity (Wildman–Crippen MR) is 92.8 cm³/mol. The topological polar surface area (TPSA) is 58.6 Å². The van der Waals surface area contributed by atoms with Crippen molar-refractivity contribution in [3.63, 3.8) is 0 Å². The van der Waals surface area contributed by atoms with Gasteiger partial charge in [-0.3, -0.25) is 9.89 Å². The lowest BCUT2D eigenvalue weighted by atomic mass is 10.0. The van der Waals surface area contributed by atoms with Gasteiger partial charge in [0.15, 0.2) is 11.6 Å². The van der Waals surface area contributed by atoms with Crippen LogP contribution in [0.5, 0.6) is 0 Å². The molecule has 0 aliphatic heterocycles. The number of Topliss-reactive ketones (excluding diaryl/α,β-unsaturated/α-hetero) is 1. The van der Waals surface area contributed by atoms with E-state index in [1.54, 1.807) is 0 Å². The second-order valence-electron chi connectivity index (χ2n) is 5.36. The zero-order valence-electron chi connectivity index (χ0n) is 13.0. The molecule has 1 N–H and O–H groups in total. The molecule has 116 valence electrons. The van der Waals surface area contributed by atoms with Gasteiger partial charge in [0, 0.05) is 11.1 Å². The van der Waals surface area contributed by atoms with Gasteiger partial charge in [0.05, 0.1) is 5.75 Å². The van der Waals surface area contributed by atoms with Crippen molar-refractivity contribution in [2.45, 2.75) is 19.0 Å². The number of thioether (sulfide) groups is 1. The molecule has 3 rings (SSSR count). The Morgan fingerprint density at radius 1 is 1.13 bits per heavy atom. The molecule has 5 heteroatoms. The lowest BCUT2D eigenvalue weighted by molar-refractivity contribution is 0.102. The van der Waals surface area contributed by atoms with Gasteiger partial charge in [-0.15, -0.1) is 5.10 Å². The monoisotopic (exact) mass is 323 g/mol. The smallest absolute Gasteiger partial charge is 0.209 e. The minimum atomic E-state index is 0.0959. The number of nitrogens with zero attached hydrogens (tertiary/aromatic N) is 2. The summed E-state index contributed by atoms with van der Waals surface area (Å²) in [7, 11) is 0. The quantitative estimate of drug-likeness (QED) is 0.568. The van der Waals surface area contributed by atoms with E-state index in [4.69, 9.17) is 0 Å². The number of rotatable bonds is 5. The van der Waals surface area contributed by atoms with E-state index < -0.39 is 0 Å². The zero-order valence-corrected chi connectivity index (χ0v) is 13.9. The molecule has 0 radical (unpaired) electrons. The molecule has 1 heterocycles. The largest absolute Gasteiger partial charge is 0.293 e. The molecule has 0 fully saturated rings. The number of carbonyl (C=O) groups excluding carboxylic acids is 1. The van der Waals surface area contributed by atoms with E-state index in [0.29, 0.717) is 16.7 Å². The van der Waals surface area contributed by atoms with Gasteiger partial charge in [-0.25, -0.2) is 4.98 Å². The Balaban J connectivity index is 1.67. The van der Waals surface area contributed by atoms with Crippen LogP contribution in [0.3, 0.4) is 0 Å². The second-order valence-corrected chi connectivity index (χ2v) is 6.31. The van der Waals surface area contributed by atoms with E-state index >= 15 is 0 Å². The highest BCUT2D eigenvalue weighted by molar-refractivity contribution is 7.99. The maximum atomic E-state index is 12.3. The Hall–Kier alpha value is -2.40. The summed E-state index contributed by atoms with van der Waals surface area (Å²) in [5, 5.41) is 7.67. The lowest BCUT2D eigenvalue weighted by Gasteiger charge is -2.04. The Kier molecular flexibility index (Phi) is 4.57. The third kappa shape index (κ3) is 3.68. The van der Waals surface area contributed by atoms with E-state index in [1.807, 2.05) is 62.4 Å². The fourth-order valence-corrected chi connectivity index (χ4v) is 3.05. The molecular weight excluding hydrogens is 306 g/mol. The first-order chi connectivity index (χ1) is 11.1. The molecule has 0 atom stereocenters. The number of aromatic nitrogens is 3. The van der Waals surface area contributed by atoms with Gasteiger partial charge in [0.25, 0.3) is 0 Å². The van der Waals surface area contributed by atoms with Crippen LogP contribution >= 0.6 is 11.8 Å². The number of carbonyl (C=O) groups is 1. The predicted octanol–water partition coefficient (Wildman–Crippen LogP) is 4.06. The van der Waals surface area contributed by atoms with E-state index in [1.165, 1.54) is 11.8 Å². The van der Waals surface area contributed by atoms with Gasteiger partial charge in [0.1, 0.15) is 0 Å². The molecule has 0 unspecified atom stereocenters. The van der Waals surface area contributed by atoms with E-state index in [2.05, 4.69) is 15.2 Å². The first kappa shape index (κ1) is 15.5. The lowest BCUT2D eigenvalue weighted by Crippen LogP contribution is -2.05. The van der Waals surface area contributed by atoms with Crippen molar-refractivity contribution in [3.8, 4) is 11.4 Å². The molecular formula is C18H17N3OS. The summed E-state index contributed by atoms with van der Waals surface area (Å²) in [5.41, 5.74) is 3.92. The average molecular weight is 323 g/mol. The Bertz CT molecular complexity index is 827. The van der Waals surface area contributed by atoms with Crippen LogP contribution in [0.25, 0.3) is 11.4 Å². The number of H-pyrrole nitrogens is 1. The van der Waals surface area contributed by atoms with Crippen LogP contribution in [-0.4, -0.2) is 26.7 Å². The summed E-state index contributed by atoms with van der Waals surface area (Å²) >= 11 is 1.35. The number of ketones is 1. The molecule has 0 amide bonds. The van der Waals surface area contributed by atoms with Gasteiger partial charge in [0.2, 0.25) is 5.16 Å². The normalized spacial score (nSPS) is 10.7. The summed E-state index contributed by atoms with van der Waals surface area (Å²) < 4.78 is 0. The van der Waals surface area contributed by atoms with Crippen LogP contribution in [0, 0.1) is 13.8 Å². The summed E-state index contributed by atoms with van der Waals surface area (Å²) in [4.78, 5) is 16.8. The molecule has 4 nitrogen and oxygen atoms in total. The van der Waals surface area contributed by atoms with E-state index in [9.17, 15) is 4.79 Å². The van der Waals surface area contributed by atoms with E-state index in [0.717, 1.165) is 22.3 Å². The maximum absolute atomic E-state index is 12.3. The number of hydrogen-bond donors (Lipinski definition) is 1. The van der Waals surface area contributed by atoms with Crippen LogP contribution in [0.2, 0.25) is 0 Å². The van der Waals surface area contributed by atoms with Gasteiger partial charge >= 0.3 is 0 Å². The molecule has 0 bridgehead atoms. The minimum Gasteiger partial charge on any atom is -0.293 e. The van der Waals surface area contributed by atoms with Crippen molar-refractivity contribution in [2.24, 2.45) is 0 Å². The first-order valence-electron chi connectivity index (χ1n) is 7.34. The SMILES string of the molecule is Cc1ccc(C(=O)CSc2n[nH]c(-c3ccccc3)n2)c(C)c1. The summed E-state index contributed by atoms with van der Waals surface area (Å²) in [6.45, 7) is 3.99. The van der Waals surface area contributed by atoms with Gasteiger partial charge in [-0.2, -0.15) is 0 Å². The fourth-order valence-electron chi connectivity index (χ4n) is 2.37. The van der Waals surface area contributed by atoms with Gasteiger partial charge in [-0.05, 0) is 19.4 Å². The third-order valence-electron chi connectivity index (χ3n) is 3.53. The van der Waals surface area contributed by atoms with Crippen LogP contribution in [0.15, 0.2) is 53.7 Å². The Morgan fingerprint density at radius 3 is 2.65 bits per heavy atom. The second kappa shape index (κ2) is 6.79. The van der Waals surface area contributed by atoms with Crippen molar-refractivity contribution in [2.75, 3.05) is 5.75 Å². The highest BCUT2D eigenvalue weighted by atomic mass is 32.2. The first-order valence-corrected chi connectivity index (χ1v) is 8.33. The Labute approximate surface area is 139 Å². The van der Waals surface area contributed by atoms with Crippen LogP contribution in [-0.2, 0) is 0 Å². The number of aromatic amines is 1. The highest BCUT2D eigenvalue weighted by Gasteiger charge is 2.12. The molecule has 0 saturated heterocycles. The molecule has 0 spiro atoms. The summed E-state index contributed by atoms with van der Waals surface area (Å²) in [6, 6.07) is 15.7. The molecule has 0 aliphatic carbocycles. The van der Waals surface area contributed by atoms with Crippen molar-refractivity contribution >= 4 is 17.5 Å². The molecule has 2 aromatic carbocycles. The van der Waals surface area contributed by atoms with Crippen LogP contribution in [0.1, 0.15) is 21.5 Å². The molecule has 0 aliphatic rings. The van der Waals surface area contributed by atoms with Gasteiger partial charge in [-0.1, -0.05) is 65.9 Å². The standard InChI is InChI=1S/C18H17N3OS/c1-12-8-9-15(13(2)10-12)16(22)11-23-18-19-17(20-21-18)14-6-4-3-5-7-14/h3-10H,11H2,1-2H3,(H,19,20,21). The third-order valence-corrected chi connectivity index (χ3v) is 4.37. The number of nitrogens with one attached hydrogen (secondary N) is 1. The highest BCUT2D eigenvalue weighted by Crippen LogP contribution is 2.20. The number of hydrogen-bond acceptors (Lipinski definition) is 4. The van der Waals surface area contributed by atoms with Crippen molar-refractivity contribution in [1.82, 2.24) is 15.2 Å². The minimum absolute atomic E-state index is 0.0959. The van der Waals surface area contributed by atoms with E-state index in [-0.39, 0.29) is 5.78 Å². The molecule has 1 aromatic heterocycles. The van der Waals surface area contributed by atoms with Crippen molar-refractivity contribution < 1.29 is 4.79 Å². The summed E-state index contributed by atoms with van der Waals surface area (Å²) in [6.07, 6.45) is 0. The maximum Gasteiger partial charge on any atom is 0.209 e. The van der Waals surface area contributed by atoms with Crippen molar-refractivity contribution in [1.29, 1.82) is 0 Å². The summed E-state index contributed by atoms with van der Waals surface area (Å²) in [5.74, 6) is 1.14. The zero-order chi connectivity index (χ0) is 16.2. The average Bonchev–Trinajstić information content (AvgIpc) is 3.02. The van der Waals surface area contributed by atoms with Crippen molar-refractivity contribution in [3.05, 3.63) is 65.2 Å². The molecule has 23 heavy (non-hydrogen) atoms. The van der Waals surface area contributed by atoms with Gasteiger partial charge < -0.3 is 0 Å². The Morgan fingerprint density at radius 2 is 1.91 bits per heavy atom. The fraction of sp³-hybridized carbons (Fsp3) is 0.167. The van der Waals surface area contributed by atoms with Crippen LogP contribution < -0.4 is 0 Å². The van der Waals surface area contributed by atoms with Crippen LogP contribution in [0.4, 0.5) is 0 Å². The number of aryl methyl sites for hydroxylation is 2. The number of benzene rings is 2.